The quantitative estimate of drug-likeness (QED) is 0.0906. The van der Waals surface area contributed by atoms with Gasteiger partial charge in [-0.15, -0.1) is 0 Å². The first kappa shape index (κ1) is 24.7. The fourth-order valence-corrected chi connectivity index (χ4v) is 4.17. The second-order valence-electron chi connectivity index (χ2n) is 6.90. The van der Waals surface area contributed by atoms with Crippen LogP contribution in [0.3, 0.4) is 0 Å². The highest BCUT2D eigenvalue weighted by molar-refractivity contribution is 14.1. The first-order valence-corrected chi connectivity index (χ1v) is 11.6. The molecule has 0 bridgehead atoms. The largest absolute Gasteiger partial charge is 0.483 e. The number of rotatable bonds is 8. The molecule has 1 heterocycles. The molecule has 3 rings (SSSR count). The van der Waals surface area contributed by atoms with Crippen molar-refractivity contribution in [2.24, 2.45) is 5.10 Å². The summed E-state index contributed by atoms with van der Waals surface area (Å²) >= 11 is 5.61. The van der Waals surface area contributed by atoms with Gasteiger partial charge in [-0.1, -0.05) is 15.9 Å². The molecule has 1 N–H and O–H groups in total. The number of nitrogens with zero attached hydrogens (tertiary/aromatic N) is 1. The highest BCUT2D eigenvalue weighted by Crippen LogP contribution is 2.25. The summed E-state index contributed by atoms with van der Waals surface area (Å²) in [5.41, 5.74) is 4.82. The zero-order valence-electron chi connectivity index (χ0n) is 17.8. The minimum Gasteiger partial charge on any atom is -0.483 e. The summed E-state index contributed by atoms with van der Waals surface area (Å²) in [7, 11) is 0. The monoisotopic (exact) mass is 622 g/mol. The van der Waals surface area contributed by atoms with Crippen LogP contribution in [0.15, 0.2) is 68.8 Å². The number of hydrogen-bond acceptors (Lipinski definition) is 6. The van der Waals surface area contributed by atoms with Gasteiger partial charge < -0.3 is 13.9 Å². The van der Waals surface area contributed by atoms with E-state index in [-0.39, 0.29) is 12.4 Å². The van der Waals surface area contributed by atoms with Gasteiger partial charge in [-0.05, 0) is 96.1 Å². The second kappa shape index (κ2) is 11.8. The SMILES string of the molecule is Cc1cc(I)cc(C)c1OCC(=O)NN=Cc1cc(Br)ccc1OC(=O)/C=C\c1ccco1. The number of ether oxygens (including phenoxy) is 2. The van der Waals surface area contributed by atoms with Crippen LogP contribution in [0.5, 0.6) is 11.5 Å². The van der Waals surface area contributed by atoms with E-state index in [0.717, 1.165) is 19.2 Å². The van der Waals surface area contributed by atoms with E-state index in [1.807, 2.05) is 26.0 Å². The molecule has 0 atom stereocenters. The van der Waals surface area contributed by atoms with Gasteiger partial charge in [0.05, 0.1) is 12.5 Å². The molecule has 0 fully saturated rings. The Bertz CT molecular complexity index is 1180. The van der Waals surface area contributed by atoms with Crippen LogP contribution in [0.1, 0.15) is 22.5 Å². The molecule has 2 aromatic carbocycles. The maximum Gasteiger partial charge on any atom is 0.336 e. The minimum atomic E-state index is -0.580. The first-order valence-electron chi connectivity index (χ1n) is 9.76. The van der Waals surface area contributed by atoms with Crippen LogP contribution in [-0.2, 0) is 9.59 Å². The molecular weight excluding hydrogens is 603 g/mol. The van der Waals surface area contributed by atoms with Crippen molar-refractivity contribution in [3.05, 3.63) is 85.3 Å². The molecule has 9 heteroatoms. The second-order valence-corrected chi connectivity index (χ2v) is 9.06. The van der Waals surface area contributed by atoms with Crippen molar-refractivity contribution in [2.75, 3.05) is 6.61 Å². The van der Waals surface area contributed by atoms with Crippen LogP contribution in [0.2, 0.25) is 0 Å². The van der Waals surface area contributed by atoms with Crippen LogP contribution in [-0.4, -0.2) is 24.7 Å². The Morgan fingerprint density at radius 2 is 1.94 bits per heavy atom. The Morgan fingerprint density at radius 3 is 2.64 bits per heavy atom. The number of halogens is 2. The first-order chi connectivity index (χ1) is 15.8. The molecular formula is C24H20BrIN2O5. The van der Waals surface area contributed by atoms with Crippen molar-refractivity contribution in [2.45, 2.75) is 13.8 Å². The number of carbonyl (C=O) groups is 2. The minimum absolute atomic E-state index is 0.183. The van der Waals surface area contributed by atoms with Crippen molar-refractivity contribution in [3.63, 3.8) is 0 Å². The third kappa shape index (κ3) is 7.57. The van der Waals surface area contributed by atoms with Crippen molar-refractivity contribution in [3.8, 4) is 11.5 Å². The van der Waals surface area contributed by atoms with Crippen molar-refractivity contribution < 1.29 is 23.5 Å². The standard InChI is InChI=1S/C24H20BrIN2O5/c1-15-10-19(26)11-16(2)24(15)32-14-22(29)28-27-13-17-12-18(25)5-7-21(17)33-23(30)8-6-20-4-3-9-31-20/h3-13H,14H2,1-2H3,(H,28,29)/b8-6-,27-13?. The molecule has 0 saturated carbocycles. The molecule has 0 aliphatic carbocycles. The Labute approximate surface area is 213 Å². The molecule has 0 radical (unpaired) electrons. The maximum absolute atomic E-state index is 12.2. The third-order valence-corrected chi connectivity index (χ3v) is 5.39. The van der Waals surface area contributed by atoms with Gasteiger partial charge in [0.1, 0.15) is 17.3 Å². The summed E-state index contributed by atoms with van der Waals surface area (Å²) in [4.78, 5) is 24.3. The normalized spacial score (nSPS) is 11.2. The average molecular weight is 623 g/mol. The van der Waals surface area contributed by atoms with Crippen molar-refractivity contribution in [1.29, 1.82) is 0 Å². The predicted octanol–water partition coefficient (Wildman–Crippen LogP) is 5.41. The summed E-state index contributed by atoms with van der Waals surface area (Å²) in [6, 6.07) is 12.5. The van der Waals surface area contributed by atoms with E-state index in [2.05, 4.69) is 49.0 Å². The number of hydrazone groups is 1. The molecule has 0 aliphatic heterocycles. The Hall–Kier alpha value is -2.92. The number of benzene rings is 2. The number of aryl methyl sites for hydroxylation is 2. The number of carbonyl (C=O) groups excluding carboxylic acids is 2. The van der Waals surface area contributed by atoms with Gasteiger partial charge in [0, 0.05) is 19.7 Å². The maximum atomic E-state index is 12.2. The average Bonchev–Trinajstić information content (AvgIpc) is 3.27. The smallest absolute Gasteiger partial charge is 0.336 e. The number of amides is 1. The summed E-state index contributed by atoms with van der Waals surface area (Å²) in [6.07, 6.45) is 5.67. The van der Waals surface area contributed by atoms with E-state index in [1.165, 1.54) is 24.6 Å². The number of hydrogen-bond donors (Lipinski definition) is 1. The van der Waals surface area contributed by atoms with Crippen LogP contribution in [0.4, 0.5) is 0 Å². The van der Waals surface area contributed by atoms with E-state index < -0.39 is 11.9 Å². The van der Waals surface area contributed by atoms with E-state index in [0.29, 0.717) is 17.1 Å². The lowest BCUT2D eigenvalue weighted by molar-refractivity contribution is -0.129. The molecule has 0 unspecified atom stereocenters. The molecule has 7 nitrogen and oxygen atoms in total. The van der Waals surface area contributed by atoms with Gasteiger partial charge in [0.25, 0.3) is 5.91 Å². The number of esters is 1. The summed E-state index contributed by atoms with van der Waals surface area (Å²) in [5.74, 6) is 0.498. The van der Waals surface area contributed by atoms with Crippen molar-refractivity contribution >= 4 is 62.7 Å². The van der Waals surface area contributed by atoms with Gasteiger partial charge >= 0.3 is 5.97 Å². The molecule has 0 spiro atoms. The fraction of sp³-hybridized carbons (Fsp3) is 0.125. The van der Waals surface area contributed by atoms with Gasteiger partial charge in [0.2, 0.25) is 0 Å². The van der Waals surface area contributed by atoms with E-state index in [4.69, 9.17) is 13.9 Å². The Kier molecular flexibility index (Phi) is 8.84. The lowest BCUT2D eigenvalue weighted by Crippen LogP contribution is -2.25. The van der Waals surface area contributed by atoms with Crippen molar-refractivity contribution in [1.82, 2.24) is 5.43 Å². The number of furan rings is 1. The molecule has 3 aromatic rings. The lowest BCUT2D eigenvalue weighted by Gasteiger charge is -2.12. The zero-order valence-corrected chi connectivity index (χ0v) is 21.5. The molecule has 1 aromatic heterocycles. The molecule has 0 aliphatic rings. The van der Waals surface area contributed by atoms with E-state index in [9.17, 15) is 9.59 Å². The molecule has 170 valence electrons. The fourth-order valence-electron chi connectivity index (χ4n) is 2.86. The van der Waals surface area contributed by atoms with Crippen LogP contribution in [0.25, 0.3) is 6.08 Å². The van der Waals surface area contributed by atoms with Gasteiger partial charge in [-0.3, -0.25) is 4.79 Å². The highest BCUT2D eigenvalue weighted by Gasteiger charge is 2.10. The van der Waals surface area contributed by atoms with Crippen LogP contribution in [0, 0.1) is 17.4 Å². The topological polar surface area (TPSA) is 90.1 Å². The zero-order chi connectivity index (χ0) is 23.8. The third-order valence-electron chi connectivity index (χ3n) is 4.27. The molecule has 33 heavy (non-hydrogen) atoms. The summed E-state index contributed by atoms with van der Waals surface area (Å²) in [6.45, 7) is 3.68. The summed E-state index contributed by atoms with van der Waals surface area (Å²) in [5, 5.41) is 3.96. The Morgan fingerprint density at radius 1 is 1.18 bits per heavy atom. The van der Waals surface area contributed by atoms with Gasteiger partial charge in [-0.25, -0.2) is 10.2 Å². The van der Waals surface area contributed by atoms with E-state index >= 15 is 0 Å². The summed E-state index contributed by atoms with van der Waals surface area (Å²) < 4.78 is 18.0. The highest BCUT2D eigenvalue weighted by atomic mass is 127. The Balaban J connectivity index is 1.59. The van der Waals surface area contributed by atoms with Gasteiger partial charge in [-0.2, -0.15) is 5.10 Å². The number of nitrogens with one attached hydrogen (secondary N) is 1. The molecule has 0 saturated heterocycles. The van der Waals surface area contributed by atoms with Gasteiger partial charge in [0.15, 0.2) is 6.61 Å². The predicted molar refractivity (Wildman–Crippen MR) is 137 cm³/mol. The molecule has 1 amide bonds. The van der Waals surface area contributed by atoms with Crippen LogP contribution < -0.4 is 14.9 Å². The van der Waals surface area contributed by atoms with E-state index in [1.54, 1.807) is 30.3 Å². The van der Waals surface area contributed by atoms with Crippen LogP contribution >= 0.6 is 38.5 Å². The lowest BCUT2D eigenvalue weighted by atomic mass is 10.1.